The lowest BCUT2D eigenvalue weighted by Gasteiger charge is -2.19. The summed E-state index contributed by atoms with van der Waals surface area (Å²) in [5.41, 5.74) is 0.255. The Morgan fingerprint density at radius 2 is 2.00 bits per heavy atom. The van der Waals surface area contributed by atoms with Crippen LogP contribution in [0.2, 0.25) is 0 Å². The van der Waals surface area contributed by atoms with Gasteiger partial charge in [-0.15, -0.1) is 13.2 Å². The number of aryl methyl sites for hydroxylation is 2. The molecule has 0 radical (unpaired) electrons. The molecule has 144 valence electrons. The second kappa shape index (κ2) is 6.93. The fourth-order valence-corrected chi connectivity index (χ4v) is 4.27. The van der Waals surface area contributed by atoms with Crippen LogP contribution >= 0.6 is 6.89 Å². The number of nitrogens with one attached hydrogen (secondary N) is 1. The first-order valence-corrected chi connectivity index (χ1v) is 11.8. The van der Waals surface area contributed by atoms with Crippen molar-refractivity contribution in [2.24, 2.45) is 0 Å². The molecule has 0 aliphatic carbocycles. The maximum atomic E-state index is 12.2. The standard InChI is InChI=1S/C17H27N4O4P/c1-6-11-20-12-15(18-9(2)19-16(12)24)21(11)17-14(23)13(22)10(25-17)7-8-26(3,4)5/h10,13-14,17,22-23H,3,6-8H2,1-2,4-5H3,(H,18,19,24)/t10-,13-,14?,17?/m1/s1. The molecule has 1 aliphatic rings. The Morgan fingerprint density at radius 3 is 2.62 bits per heavy atom. The molecule has 2 aromatic heterocycles. The predicted octanol–water partition coefficient (Wildman–Crippen LogP) is 0.709. The van der Waals surface area contributed by atoms with E-state index in [4.69, 9.17) is 4.74 Å². The molecule has 1 fully saturated rings. The minimum Gasteiger partial charge on any atom is -0.388 e. The third-order valence-electron chi connectivity index (χ3n) is 4.67. The number of aromatic amines is 1. The van der Waals surface area contributed by atoms with Gasteiger partial charge in [0.2, 0.25) is 0 Å². The van der Waals surface area contributed by atoms with Crippen LogP contribution in [0.5, 0.6) is 0 Å². The zero-order valence-corrected chi connectivity index (χ0v) is 16.5. The molecular formula is C17H27N4O4P. The molecule has 1 saturated heterocycles. The van der Waals surface area contributed by atoms with Gasteiger partial charge in [0.15, 0.2) is 17.4 Å². The SMILES string of the molecule is C=P(C)(C)CC[C@H]1OC(n2c(CC)nc3c(=O)[nH]c(C)nc32)C(O)[C@@H]1O. The average molecular weight is 382 g/mol. The van der Waals surface area contributed by atoms with Crippen molar-refractivity contribution in [1.82, 2.24) is 19.5 Å². The van der Waals surface area contributed by atoms with Crippen LogP contribution in [0.4, 0.5) is 0 Å². The lowest BCUT2D eigenvalue weighted by Crippen LogP contribution is -2.32. The number of aliphatic hydroxyl groups is 2. The maximum Gasteiger partial charge on any atom is 0.279 e. The van der Waals surface area contributed by atoms with Crippen LogP contribution in [0.3, 0.4) is 0 Å². The second-order valence-electron chi connectivity index (χ2n) is 7.57. The van der Waals surface area contributed by atoms with Gasteiger partial charge in [-0.1, -0.05) is 6.92 Å². The van der Waals surface area contributed by atoms with Crippen LogP contribution in [-0.4, -0.2) is 73.8 Å². The van der Waals surface area contributed by atoms with E-state index in [1.165, 1.54) is 0 Å². The van der Waals surface area contributed by atoms with E-state index in [0.29, 0.717) is 30.1 Å². The summed E-state index contributed by atoms with van der Waals surface area (Å²) < 4.78 is 7.67. The summed E-state index contributed by atoms with van der Waals surface area (Å²) in [5, 5.41) is 21.1. The minimum atomic E-state index is -1.26. The molecule has 0 amide bonds. The van der Waals surface area contributed by atoms with Crippen molar-refractivity contribution in [1.29, 1.82) is 0 Å². The molecule has 8 nitrogen and oxygen atoms in total. The number of H-pyrrole nitrogens is 1. The molecule has 9 heteroatoms. The molecule has 1 aliphatic heterocycles. The molecule has 0 aromatic carbocycles. The molecular weight excluding hydrogens is 355 g/mol. The molecule has 3 N–H and O–H groups in total. The van der Waals surface area contributed by atoms with Gasteiger partial charge in [0.05, 0.1) is 6.10 Å². The van der Waals surface area contributed by atoms with Gasteiger partial charge in [0.25, 0.3) is 5.56 Å². The van der Waals surface area contributed by atoms with E-state index in [9.17, 15) is 15.0 Å². The smallest absolute Gasteiger partial charge is 0.279 e. The number of hydrogen-bond donors (Lipinski definition) is 3. The van der Waals surface area contributed by atoms with Crippen LogP contribution < -0.4 is 5.56 Å². The van der Waals surface area contributed by atoms with E-state index >= 15 is 0 Å². The minimum absolute atomic E-state index is 0.214. The Kier molecular flexibility index (Phi) is 5.14. The van der Waals surface area contributed by atoms with Crippen molar-refractivity contribution in [3.63, 3.8) is 0 Å². The lowest BCUT2D eigenvalue weighted by atomic mass is 10.1. The summed E-state index contributed by atoms with van der Waals surface area (Å²) in [7, 11) is 0. The maximum absolute atomic E-state index is 12.2. The highest BCUT2D eigenvalue weighted by molar-refractivity contribution is 7.72. The number of imidazole rings is 1. The van der Waals surface area contributed by atoms with Crippen molar-refractivity contribution in [3.05, 3.63) is 22.0 Å². The van der Waals surface area contributed by atoms with Gasteiger partial charge in [-0.05, 0) is 32.8 Å². The quantitative estimate of drug-likeness (QED) is 0.657. The van der Waals surface area contributed by atoms with Crippen LogP contribution in [0.25, 0.3) is 11.2 Å². The number of aliphatic hydroxyl groups excluding tert-OH is 2. The Bertz CT molecular complexity index is 915. The highest BCUT2D eigenvalue weighted by Gasteiger charge is 2.44. The molecule has 0 bridgehead atoms. The largest absolute Gasteiger partial charge is 0.388 e. The summed E-state index contributed by atoms with van der Waals surface area (Å²) in [5.74, 6) is 1.05. The lowest BCUT2D eigenvalue weighted by molar-refractivity contribution is -0.0367. The summed E-state index contributed by atoms with van der Waals surface area (Å²) in [6.45, 7) is 6.58. The van der Waals surface area contributed by atoms with Crippen molar-refractivity contribution in [3.8, 4) is 0 Å². The second-order valence-corrected chi connectivity index (χ2v) is 11.9. The highest BCUT2D eigenvalue weighted by atomic mass is 31.2. The predicted molar refractivity (Wildman–Crippen MR) is 104 cm³/mol. The van der Waals surface area contributed by atoms with E-state index in [1.54, 1.807) is 11.5 Å². The Morgan fingerprint density at radius 1 is 1.31 bits per heavy atom. The summed E-state index contributed by atoms with van der Waals surface area (Å²) in [6, 6.07) is 0. The normalized spacial score (nSPS) is 26.7. The van der Waals surface area contributed by atoms with Gasteiger partial charge in [0.1, 0.15) is 23.9 Å². The number of ether oxygens (including phenoxy) is 1. The summed E-state index contributed by atoms with van der Waals surface area (Å²) >= 11 is 0. The zero-order valence-electron chi connectivity index (χ0n) is 15.6. The van der Waals surface area contributed by atoms with E-state index < -0.39 is 31.4 Å². The first-order chi connectivity index (χ1) is 12.1. The fourth-order valence-electron chi connectivity index (χ4n) is 3.31. The van der Waals surface area contributed by atoms with Crippen LogP contribution in [-0.2, 0) is 11.2 Å². The number of aromatic nitrogens is 4. The Labute approximate surface area is 152 Å². The Hall–Kier alpha value is -1.47. The van der Waals surface area contributed by atoms with E-state index in [-0.39, 0.29) is 11.1 Å². The van der Waals surface area contributed by atoms with Crippen molar-refractivity contribution >= 4 is 24.3 Å². The topological polar surface area (TPSA) is 113 Å². The Balaban J connectivity index is 2.01. The first-order valence-electron chi connectivity index (χ1n) is 8.79. The zero-order chi connectivity index (χ0) is 19.2. The van der Waals surface area contributed by atoms with Crippen molar-refractivity contribution < 1.29 is 14.9 Å². The van der Waals surface area contributed by atoms with Crippen LogP contribution in [0, 0.1) is 6.92 Å². The third kappa shape index (κ3) is 3.51. The summed E-state index contributed by atoms with van der Waals surface area (Å²) in [6.07, 6.45) is 2.78. The van der Waals surface area contributed by atoms with E-state index in [1.807, 2.05) is 6.92 Å². The first kappa shape index (κ1) is 19.3. The molecule has 3 heterocycles. The fraction of sp³-hybridized carbons (Fsp3) is 0.647. The van der Waals surface area contributed by atoms with Gasteiger partial charge in [0, 0.05) is 6.42 Å². The number of hydrogen-bond acceptors (Lipinski definition) is 6. The molecule has 0 saturated carbocycles. The van der Waals surface area contributed by atoms with Gasteiger partial charge >= 0.3 is 0 Å². The molecule has 2 unspecified atom stereocenters. The van der Waals surface area contributed by atoms with Crippen LogP contribution in [0.1, 0.15) is 31.2 Å². The summed E-state index contributed by atoms with van der Waals surface area (Å²) in [4.78, 5) is 23.6. The van der Waals surface area contributed by atoms with Gasteiger partial charge in [-0.25, -0.2) is 9.97 Å². The third-order valence-corrected chi connectivity index (χ3v) is 6.14. The number of nitrogens with zero attached hydrogens (tertiary/aromatic N) is 3. The number of fused-ring (bicyclic) bond motifs is 1. The molecule has 3 rings (SSSR count). The molecule has 4 atom stereocenters. The molecule has 0 spiro atoms. The van der Waals surface area contributed by atoms with Gasteiger partial charge in [-0.2, -0.15) is 0 Å². The van der Waals surface area contributed by atoms with E-state index in [0.717, 1.165) is 6.16 Å². The molecule has 26 heavy (non-hydrogen) atoms. The van der Waals surface area contributed by atoms with Crippen molar-refractivity contribution in [2.45, 2.75) is 51.2 Å². The molecule has 2 aromatic rings. The number of rotatable bonds is 5. The van der Waals surface area contributed by atoms with Gasteiger partial charge < -0.3 is 19.9 Å². The monoisotopic (exact) mass is 382 g/mol. The van der Waals surface area contributed by atoms with E-state index in [2.05, 4.69) is 34.6 Å². The highest BCUT2D eigenvalue weighted by Crippen LogP contribution is 2.40. The average Bonchev–Trinajstić information content (AvgIpc) is 3.04. The van der Waals surface area contributed by atoms with Crippen molar-refractivity contribution in [2.75, 3.05) is 19.5 Å². The van der Waals surface area contributed by atoms with Gasteiger partial charge in [-0.3, -0.25) is 9.36 Å². The van der Waals surface area contributed by atoms with Crippen LogP contribution in [0.15, 0.2) is 4.79 Å².